The van der Waals surface area contributed by atoms with Gasteiger partial charge in [0.05, 0.1) is 0 Å². The van der Waals surface area contributed by atoms with Crippen LogP contribution in [-0.4, -0.2) is 40.3 Å². The standard InChI is InChI=1S/C25H20ClN5O3/c26-17-8-9-18-16(11-17)13-19(28-18)24(33)29-20-12-15-5-1-2-6-21(15)31(25(20)34)14-23(32)30-22-7-3-4-10-27-22/h1-11,13,20,28H,12,14H2,(H,29,33)(H,27,30,32). The fraction of sp³-hybridized carbons (Fsp3) is 0.120. The summed E-state index contributed by atoms with van der Waals surface area (Å²) in [6.45, 7) is -0.205. The molecule has 3 N–H and O–H groups in total. The predicted molar refractivity (Wildman–Crippen MR) is 130 cm³/mol. The second-order valence-electron chi connectivity index (χ2n) is 7.96. The molecule has 0 radical (unpaired) electrons. The number of benzene rings is 2. The smallest absolute Gasteiger partial charge is 0.268 e. The van der Waals surface area contributed by atoms with Gasteiger partial charge in [-0.3, -0.25) is 14.4 Å². The molecule has 4 aromatic rings. The number of H-pyrrole nitrogens is 1. The first kappa shape index (κ1) is 21.7. The SMILES string of the molecule is O=C(CN1C(=O)C(NC(=O)c2cc3cc(Cl)ccc3[nH]2)Cc2ccccc21)Nc1ccccn1. The topological polar surface area (TPSA) is 107 Å². The second-order valence-corrected chi connectivity index (χ2v) is 8.40. The lowest BCUT2D eigenvalue weighted by molar-refractivity contribution is -0.123. The number of halogens is 1. The molecule has 0 fully saturated rings. The lowest BCUT2D eigenvalue weighted by Gasteiger charge is -2.34. The number of aromatic amines is 1. The van der Waals surface area contributed by atoms with Crippen molar-refractivity contribution in [1.82, 2.24) is 15.3 Å². The van der Waals surface area contributed by atoms with Gasteiger partial charge < -0.3 is 20.5 Å². The number of nitrogens with one attached hydrogen (secondary N) is 3. The Morgan fingerprint density at radius 2 is 1.91 bits per heavy atom. The third kappa shape index (κ3) is 4.35. The summed E-state index contributed by atoms with van der Waals surface area (Å²) in [4.78, 5) is 47.5. The lowest BCUT2D eigenvalue weighted by Crippen LogP contribution is -2.54. The van der Waals surface area contributed by atoms with Crippen molar-refractivity contribution in [2.75, 3.05) is 16.8 Å². The minimum atomic E-state index is -0.819. The Morgan fingerprint density at radius 1 is 1.09 bits per heavy atom. The fourth-order valence-electron chi connectivity index (χ4n) is 4.06. The second kappa shape index (κ2) is 8.99. The molecule has 3 amide bonds. The Balaban J connectivity index is 1.36. The van der Waals surface area contributed by atoms with Crippen LogP contribution in [0.5, 0.6) is 0 Å². The maximum absolute atomic E-state index is 13.3. The zero-order valence-corrected chi connectivity index (χ0v) is 18.7. The summed E-state index contributed by atoms with van der Waals surface area (Å²) in [5.41, 5.74) is 2.60. The van der Waals surface area contributed by atoms with Crippen LogP contribution in [0.2, 0.25) is 5.02 Å². The van der Waals surface area contributed by atoms with Gasteiger partial charge in [-0.25, -0.2) is 4.98 Å². The van der Waals surface area contributed by atoms with Crippen molar-refractivity contribution in [3.8, 4) is 0 Å². The van der Waals surface area contributed by atoms with Crippen molar-refractivity contribution in [3.63, 3.8) is 0 Å². The molecule has 2 aromatic carbocycles. The number of rotatable bonds is 5. The Hall–Kier alpha value is -4.17. The average Bonchev–Trinajstić information content (AvgIpc) is 3.26. The number of para-hydroxylation sites is 1. The number of hydrogen-bond donors (Lipinski definition) is 3. The molecular weight excluding hydrogens is 454 g/mol. The van der Waals surface area contributed by atoms with Gasteiger partial charge in [0.2, 0.25) is 11.8 Å². The van der Waals surface area contributed by atoms with Crippen LogP contribution in [0.15, 0.2) is 72.9 Å². The molecule has 1 atom stereocenters. The van der Waals surface area contributed by atoms with Gasteiger partial charge in [-0.15, -0.1) is 0 Å². The number of amides is 3. The van der Waals surface area contributed by atoms with E-state index in [9.17, 15) is 14.4 Å². The van der Waals surface area contributed by atoms with Crippen LogP contribution < -0.4 is 15.5 Å². The van der Waals surface area contributed by atoms with Gasteiger partial charge >= 0.3 is 0 Å². The van der Waals surface area contributed by atoms with E-state index >= 15 is 0 Å². The Labute approximate surface area is 199 Å². The number of carbonyl (C=O) groups excluding carboxylic acids is 3. The number of fused-ring (bicyclic) bond motifs is 2. The zero-order valence-electron chi connectivity index (χ0n) is 17.9. The number of anilines is 2. The van der Waals surface area contributed by atoms with E-state index in [1.807, 2.05) is 18.2 Å². The summed E-state index contributed by atoms with van der Waals surface area (Å²) >= 11 is 6.04. The minimum absolute atomic E-state index is 0.205. The van der Waals surface area contributed by atoms with E-state index in [2.05, 4.69) is 20.6 Å². The van der Waals surface area contributed by atoms with E-state index in [0.29, 0.717) is 28.6 Å². The van der Waals surface area contributed by atoms with E-state index in [1.165, 1.54) is 4.90 Å². The van der Waals surface area contributed by atoms with Crippen LogP contribution in [0.4, 0.5) is 11.5 Å². The maximum Gasteiger partial charge on any atom is 0.268 e. The van der Waals surface area contributed by atoms with E-state index in [-0.39, 0.29) is 18.4 Å². The number of aromatic nitrogens is 2. The highest BCUT2D eigenvalue weighted by Gasteiger charge is 2.35. The van der Waals surface area contributed by atoms with Crippen molar-refractivity contribution in [2.45, 2.75) is 12.5 Å². The maximum atomic E-state index is 13.3. The molecule has 0 saturated carbocycles. The van der Waals surface area contributed by atoms with Gasteiger partial charge in [0.15, 0.2) is 0 Å². The van der Waals surface area contributed by atoms with Crippen molar-refractivity contribution < 1.29 is 14.4 Å². The van der Waals surface area contributed by atoms with Crippen molar-refractivity contribution >= 4 is 51.7 Å². The van der Waals surface area contributed by atoms with Gasteiger partial charge in [0.1, 0.15) is 24.1 Å². The Kier molecular flexibility index (Phi) is 5.73. The average molecular weight is 474 g/mol. The van der Waals surface area contributed by atoms with Gasteiger partial charge in [-0.2, -0.15) is 0 Å². The van der Waals surface area contributed by atoms with E-state index in [0.717, 1.165) is 16.5 Å². The highest BCUT2D eigenvalue weighted by Crippen LogP contribution is 2.28. The third-order valence-corrected chi connectivity index (χ3v) is 5.87. The summed E-state index contributed by atoms with van der Waals surface area (Å²) < 4.78 is 0. The molecule has 0 bridgehead atoms. The van der Waals surface area contributed by atoms with E-state index in [1.54, 1.807) is 54.7 Å². The molecule has 1 unspecified atom stereocenters. The largest absolute Gasteiger partial charge is 0.351 e. The molecule has 9 heteroatoms. The van der Waals surface area contributed by atoms with Gasteiger partial charge in [0.25, 0.3) is 5.91 Å². The molecule has 2 aromatic heterocycles. The molecule has 0 saturated heterocycles. The van der Waals surface area contributed by atoms with Crippen molar-refractivity contribution in [3.05, 3.63) is 89.2 Å². The molecular formula is C25H20ClN5O3. The summed E-state index contributed by atoms with van der Waals surface area (Å²) in [5.74, 6) is -0.763. The summed E-state index contributed by atoms with van der Waals surface area (Å²) in [5, 5.41) is 6.87. The van der Waals surface area contributed by atoms with Gasteiger partial charge in [-0.05, 0) is 48.0 Å². The highest BCUT2D eigenvalue weighted by atomic mass is 35.5. The Morgan fingerprint density at radius 3 is 2.74 bits per heavy atom. The molecule has 0 aliphatic carbocycles. The van der Waals surface area contributed by atoms with Crippen molar-refractivity contribution in [2.24, 2.45) is 0 Å². The molecule has 170 valence electrons. The van der Waals surface area contributed by atoms with Crippen LogP contribution in [0.25, 0.3) is 10.9 Å². The van der Waals surface area contributed by atoms with Crippen LogP contribution >= 0.6 is 11.6 Å². The van der Waals surface area contributed by atoms with E-state index in [4.69, 9.17) is 11.6 Å². The quantitative estimate of drug-likeness (QED) is 0.412. The molecule has 34 heavy (non-hydrogen) atoms. The zero-order chi connectivity index (χ0) is 23.7. The monoisotopic (exact) mass is 473 g/mol. The lowest BCUT2D eigenvalue weighted by atomic mass is 9.97. The molecule has 3 heterocycles. The first-order valence-corrected chi connectivity index (χ1v) is 11.0. The Bertz CT molecular complexity index is 1400. The summed E-state index contributed by atoms with van der Waals surface area (Å²) in [6.07, 6.45) is 1.89. The normalized spacial score (nSPS) is 15.1. The fourth-order valence-corrected chi connectivity index (χ4v) is 4.24. The summed E-state index contributed by atoms with van der Waals surface area (Å²) in [6, 6.07) is 18.7. The molecule has 5 rings (SSSR count). The van der Waals surface area contributed by atoms with Crippen molar-refractivity contribution in [1.29, 1.82) is 0 Å². The van der Waals surface area contributed by atoms with Crippen LogP contribution in [0.1, 0.15) is 16.1 Å². The van der Waals surface area contributed by atoms with Gasteiger partial charge in [-0.1, -0.05) is 35.9 Å². The highest BCUT2D eigenvalue weighted by molar-refractivity contribution is 6.31. The molecule has 1 aliphatic rings. The number of carbonyl (C=O) groups is 3. The number of hydrogen-bond acceptors (Lipinski definition) is 4. The third-order valence-electron chi connectivity index (χ3n) is 5.64. The van der Waals surface area contributed by atoms with E-state index < -0.39 is 11.9 Å². The first-order valence-electron chi connectivity index (χ1n) is 10.7. The van der Waals surface area contributed by atoms with Crippen LogP contribution in [0.3, 0.4) is 0 Å². The minimum Gasteiger partial charge on any atom is -0.351 e. The number of nitrogens with zero attached hydrogens (tertiary/aromatic N) is 2. The first-order chi connectivity index (χ1) is 16.5. The van der Waals surface area contributed by atoms with Gasteiger partial charge in [0, 0.05) is 34.2 Å². The molecule has 0 spiro atoms. The predicted octanol–water partition coefficient (Wildman–Crippen LogP) is 3.54. The van der Waals surface area contributed by atoms with Crippen LogP contribution in [-0.2, 0) is 16.0 Å². The summed E-state index contributed by atoms with van der Waals surface area (Å²) in [7, 11) is 0. The number of pyridine rings is 1. The molecule has 1 aliphatic heterocycles. The molecule has 8 nitrogen and oxygen atoms in total. The van der Waals surface area contributed by atoms with Crippen LogP contribution in [0, 0.1) is 0 Å².